The number of urea groups is 1. The summed E-state index contributed by atoms with van der Waals surface area (Å²) in [4.78, 5) is 23.9. The molecule has 0 aromatic heterocycles. The van der Waals surface area contributed by atoms with Crippen molar-refractivity contribution in [2.75, 3.05) is 11.9 Å². The molecule has 6 nitrogen and oxygen atoms in total. The fourth-order valence-corrected chi connectivity index (χ4v) is 2.44. The molecule has 2 aromatic rings. The van der Waals surface area contributed by atoms with Crippen LogP contribution in [0.15, 0.2) is 48.5 Å². The first-order chi connectivity index (χ1) is 12.8. The Morgan fingerprint density at radius 1 is 1.00 bits per heavy atom. The molecule has 2 rings (SSSR count). The summed E-state index contributed by atoms with van der Waals surface area (Å²) in [5.41, 5.74) is 1.74. The monoisotopic (exact) mass is 389 g/mol. The third kappa shape index (κ3) is 7.29. The lowest BCUT2D eigenvalue weighted by Gasteiger charge is -2.23. The minimum atomic E-state index is -0.652. The number of hydrogen-bond acceptors (Lipinski definition) is 3. The second-order valence-corrected chi connectivity index (χ2v) is 7.33. The number of anilines is 1. The standard InChI is InChI=1S/C20H24ClN3O3/c1-20(2,13-25)24-18(26)11-14-5-9-17(10-6-14)23-19(27)22-12-15-3-7-16(21)8-4-15/h3-10,25H,11-13H2,1-2H3,(H,24,26)(H2,22,23,27). The van der Waals surface area contributed by atoms with Gasteiger partial charge in [0.05, 0.1) is 18.6 Å². The summed E-state index contributed by atoms with van der Waals surface area (Å²) in [6, 6.07) is 13.9. The molecular weight excluding hydrogens is 366 g/mol. The smallest absolute Gasteiger partial charge is 0.319 e. The van der Waals surface area contributed by atoms with Crippen LogP contribution in [-0.2, 0) is 17.8 Å². The van der Waals surface area contributed by atoms with Gasteiger partial charge in [0.15, 0.2) is 0 Å². The molecule has 0 radical (unpaired) electrons. The molecule has 7 heteroatoms. The second-order valence-electron chi connectivity index (χ2n) is 6.90. The van der Waals surface area contributed by atoms with E-state index in [4.69, 9.17) is 11.6 Å². The summed E-state index contributed by atoms with van der Waals surface area (Å²) in [5, 5.41) is 18.1. The van der Waals surface area contributed by atoms with Crippen molar-refractivity contribution in [3.05, 3.63) is 64.7 Å². The molecule has 0 atom stereocenters. The van der Waals surface area contributed by atoms with E-state index < -0.39 is 5.54 Å². The molecule has 0 aliphatic heterocycles. The molecule has 0 fully saturated rings. The summed E-state index contributed by atoms with van der Waals surface area (Å²) in [6.45, 7) is 3.76. The molecule has 4 N–H and O–H groups in total. The van der Waals surface area contributed by atoms with E-state index >= 15 is 0 Å². The van der Waals surface area contributed by atoms with Crippen molar-refractivity contribution in [1.82, 2.24) is 10.6 Å². The molecule has 0 heterocycles. The molecule has 0 saturated heterocycles. The Balaban J connectivity index is 1.81. The SMILES string of the molecule is CC(C)(CO)NC(=O)Cc1ccc(NC(=O)NCc2ccc(Cl)cc2)cc1. The summed E-state index contributed by atoms with van der Waals surface area (Å²) in [6.07, 6.45) is 0.201. The number of nitrogens with one attached hydrogen (secondary N) is 3. The third-order valence-electron chi connectivity index (χ3n) is 3.82. The van der Waals surface area contributed by atoms with E-state index in [2.05, 4.69) is 16.0 Å². The summed E-state index contributed by atoms with van der Waals surface area (Å²) >= 11 is 5.83. The summed E-state index contributed by atoms with van der Waals surface area (Å²) in [5.74, 6) is -0.171. The number of amides is 3. The van der Waals surface area contributed by atoms with Crippen molar-refractivity contribution >= 4 is 29.2 Å². The van der Waals surface area contributed by atoms with E-state index in [0.717, 1.165) is 11.1 Å². The molecule has 0 unspecified atom stereocenters. The Hall–Kier alpha value is -2.57. The first-order valence-corrected chi connectivity index (χ1v) is 8.95. The van der Waals surface area contributed by atoms with Crippen LogP contribution in [0, 0.1) is 0 Å². The molecule has 0 aliphatic rings. The fraction of sp³-hybridized carbons (Fsp3) is 0.300. The van der Waals surface area contributed by atoms with Gasteiger partial charge in [-0.3, -0.25) is 4.79 Å². The number of carbonyl (C=O) groups excluding carboxylic acids is 2. The molecule has 3 amide bonds. The van der Waals surface area contributed by atoms with Crippen LogP contribution in [0.1, 0.15) is 25.0 Å². The lowest BCUT2D eigenvalue weighted by atomic mass is 10.1. The molecule has 27 heavy (non-hydrogen) atoms. The van der Waals surface area contributed by atoms with Crippen molar-refractivity contribution in [3.8, 4) is 0 Å². The van der Waals surface area contributed by atoms with Crippen molar-refractivity contribution < 1.29 is 14.7 Å². The third-order valence-corrected chi connectivity index (χ3v) is 4.07. The zero-order chi connectivity index (χ0) is 19.9. The van der Waals surface area contributed by atoms with E-state index in [-0.39, 0.29) is 25.0 Å². The van der Waals surface area contributed by atoms with Crippen LogP contribution in [0.5, 0.6) is 0 Å². The van der Waals surface area contributed by atoms with Crippen LogP contribution in [0.3, 0.4) is 0 Å². The van der Waals surface area contributed by atoms with E-state index in [9.17, 15) is 14.7 Å². The van der Waals surface area contributed by atoms with Gasteiger partial charge < -0.3 is 21.1 Å². The normalized spacial score (nSPS) is 11.0. The van der Waals surface area contributed by atoms with Gasteiger partial charge in [0.25, 0.3) is 0 Å². The molecule has 0 saturated carbocycles. The predicted octanol–water partition coefficient (Wildman–Crippen LogP) is 3.09. The highest BCUT2D eigenvalue weighted by Gasteiger charge is 2.18. The van der Waals surface area contributed by atoms with Crippen molar-refractivity contribution in [2.24, 2.45) is 0 Å². The van der Waals surface area contributed by atoms with E-state index in [1.807, 2.05) is 12.1 Å². The van der Waals surface area contributed by atoms with Crippen molar-refractivity contribution in [2.45, 2.75) is 32.4 Å². The Morgan fingerprint density at radius 3 is 2.19 bits per heavy atom. The molecule has 0 aliphatic carbocycles. The van der Waals surface area contributed by atoms with Crippen LogP contribution < -0.4 is 16.0 Å². The summed E-state index contributed by atoms with van der Waals surface area (Å²) in [7, 11) is 0. The zero-order valence-corrected chi connectivity index (χ0v) is 16.1. The van der Waals surface area contributed by atoms with Crippen LogP contribution in [0.25, 0.3) is 0 Å². The Kier molecular flexibility index (Phi) is 7.21. The Bertz CT molecular complexity index is 774. The van der Waals surface area contributed by atoms with Gasteiger partial charge >= 0.3 is 6.03 Å². The van der Waals surface area contributed by atoms with E-state index in [1.165, 1.54) is 0 Å². The van der Waals surface area contributed by atoms with Gasteiger partial charge in [-0.15, -0.1) is 0 Å². The van der Waals surface area contributed by atoms with Gasteiger partial charge in [0.1, 0.15) is 0 Å². The highest BCUT2D eigenvalue weighted by atomic mass is 35.5. The first-order valence-electron chi connectivity index (χ1n) is 8.57. The highest BCUT2D eigenvalue weighted by molar-refractivity contribution is 6.30. The van der Waals surface area contributed by atoms with E-state index in [0.29, 0.717) is 17.3 Å². The van der Waals surface area contributed by atoms with Crippen molar-refractivity contribution in [1.29, 1.82) is 0 Å². The summed E-state index contributed by atoms with van der Waals surface area (Å²) < 4.78 is 0. The van der Waals surface area contributed by atoms with Gasteiger partial charge in [0, 0.05) is 17.3 Å². The number of aliphatic hydroxyl groups excluding tert-OH is 1. The zero-order valence-electron chi connectivity index (χ0n) is 15.4. The average Bonchev–Trinajstić information content (AvgIpc) is 2.62. The second kappa shape index (κ2) is 9.39. The Morgan fingerprint density at radius 2 is 1.59 bits per heavy atom. The molecule has 0 spiro atoms. The number of hydrogen-bond donors (Lipinski definition) is 4. The maximum Gasteiger partial charge on any atom is 0.319 e. The maximum absolute atomic E-state index is 12.0. The number of benzene rings is 2. The predicted molar refractivity (Wildman–Crippen MR) is 107 cm³/mol. The molecule has 144 valence electrons. The fourth-order valence-electron chi connectivity index (χ4n) is 2.31. The van der Waals surface area contributed by atoms with Gasteiger partial charge in [-0.2, -0.15) is 0 Å². The van der Waals surface area contributed by atoms with E-state index in [1.54, 1.807) is 50.2 Å². The van der Waals surface area contributed by atoms with Gasteiger partial charge in [0.2, 0.25) is 5.91 Å². The van der Waals surface area contributed by atoms with Crippen LogP contribution in [0.4, 0.5) is 10.5 Å². The lowest BCUT2D eigenvalue weighted by Crippen LogP contribution is -2.46. The quantitative estimate of drug-likeness (QED) is 0.586. The van der Waals surface area contributed by atoms with Crippen LogP contribution in [-0.4, -0.2) is 29.2 Å². The Labute approximate surface area is 163 Å². The van der Waals surface area contributed by atoms with Gasteiger partial charge in [-0.25, -0.2) is 4.79 Å². The lowest BCUT2D eigenvalue weighted by molar-refractivity contribution is -0.122. The number of halogens is 1. The number of rotatable bonds is 7. The minimum Gasteiger partial charge on any atom is -0.394 e. The highest BCUT2D eigenvalue weighted by Crippen LogP contribution is 2.12. The maximum atomic E-state index is 12.0. The minimum absolute atomic E-state index is 0.132. The van der Waals surface area contributed by atoms with Gasteiger partial charge in [-0.05, 0) is 49.2 Å². The van der Waals surface area contributed by atoms with Gasteiger partial charge in [-0.1, -0.05) is 35.9 Å². The van der Waals surface area contributed by atoms with Crippen molar-refractivity contribution in [3.63, 3.8) is 0 Å². The number of carbonyl (C=O) groups is 2. The molecule has 0 bridgehead atoms. The molecule has 2 aromatic carbocycles. The van der Waals surface area contributed by atoms with Crippen LogP contribution >= 0.6 is 11.6 Å². The topological polar surface area (TPSA) is 90.5 Å². The average molecular weight is 390 g/mol. The largest absolute Gasteiger partial charge is 0.394 e. The first kappa shape index (κ1) is 20.7. The number of aliphatic hydroxyl groups is 1. The van der Waals surface area contributed by atoms with Crippen LogP contribution in [0.2, 0.25) is 5.02 Å². The molecular formula is C20H24ClN3O3.